The van der Waals surface area contributed by atoms with Crippen molar-refractivity contribution < 1.29 is 32.4 Å². The van der Waals surface area contributed by atoms with E-state index in [1.807, 2.05) is 17.0 Å². The SMILES string of the molecule is O=C([C@H]1COc2ccccc2O1)N1CCN(c2ccc(C(F)(F)F)c[nH+]2)CC1. The quantitative estimate of drug-likeness (QED) is 0.782. The van der Waals surface area contributed by atoms with Crippen LogP contribution in [0.15, 0.2) is 42.6 Å². The van der Waals surface area contributed by atoms with Crippen molar-refractivity contribution >= 4 is 11.7 Å². The Morgan fingerprint density at radius 3 is 2.39 bits per heavy atom. The average Bonchev–Trinajstić information content (AvgIpc) is 2.72. The molecule has 1 saturated heterocycles. The summed E-state index contributed by atoms with van der Waals surface area (Å²) < 4.78 is 49.4. The molecule has 2 aliphatic rings. The maximum atomic E-state index is 12.7. The molecule has 148 valence electrons. The molecule has 0 spiro atoms. The smallest absolute Gasteiger partial charge is 0.419 e. The van der Waals surface area contributed by atoms with Crippen LogP contribution in [0.25, 0.3) is 0 Å². The summed E-state index contributed by atoms with van der Waals surface area (Å²) in [4.78, 5) is 19.0. The van der Waals surface area contributed by atoms with Crippen LogP contribution in [-0.2, 0) is 11.0 Å². The highest BCUT2D eigenvalue weighted by Gasteiger charge is 2.35. The third kappa shape index (κ3) is 3.69. The van der Waals surface area contributed by atoms with Gasteiger partial charge in [0.05, 0.1) is 18.7 Å². The van der Waals surface area contributed by atoms with Gasteiger partial charge in [0.15, 0.2) is 11.5 Å². The van der Waals surface area contributed by atoms with Crippen molar-refractivity contribution in [1.29, 1.82) is 0 Å². The second-order valence-corrected chi connectivity index (χ2v) is 6.64. The number of piperazine rings is 1. The maximum absolute atomic E-state index is 12.7. The Kier molecular flexibility index (Phi) is 4.74. The molecule has 1 fully saturated rings. The second kappa shape index (κ2) is 7.21. The molecule has 0 saturated carbocycles. The van der Waals surface area contributed by atoms with E-state index >= 15 is 0 Å². The van der Waals surface area contributed by atoms with Gasteiger partial charge in [0.2, 0.25) is 6.10 Å². The molecule has 6 nitrogen and oxygen atoms in total. The molecule has 0 aliphatic carbocycles. The van der Waals surface area contributed by atoms with Crippen LogP contribution in [0, 0.1) is 0 Å². The number of halogens is 3. The van der Waals surface area contributed by atoms with E-state index in [0.29, 0.717) is 43.5 Å². The topological polar surface area (TPSA) is 56.2 Å². The number of alkyl halides is 3. The average molecular weight is 394 g/mol. The fourth-order valence-corrected chi connectivity index (χ4v) is 3.30. The number of ether oxygens (including phenoxy) is 2. The highest BCUT2D eigenvalue weighted by molar-refractivity contribution is 5.82. The summed E-state index contributed by atoms with van der Waals surface area (Å²) in [5.74, 6) is 1.61. The van der Waals surface area contributed by atoms with Crippen LogP contribution in [0.4, 0.5) is 19.0 Å². The lowest BCUT2D eigenvalue weighted by Crippen LogP contribution is -2.54. The molecule has 1 aromatic carbocycles. The van der Waals surface area contributed by atoms with Crippen LogP contribution in [0.3, 0.4) is 0 Å². The highest BCUT2D eigenvalue weighted by atomic mass is 19.4. The molecule has 4 rings (SSSR count). The molecule has 1 atom stereocenters. The van der Waals surface area contributed by atoms with E-state index in [4.69, 9.17) is 9.47 Å². The predicted octanol–water partition coefficient (Wildman–Crippen LogP) is 2.01. The fraction of sp³-hybridized carbons (Fsp3) is 0.368. The third-order valence-electron chi connectivity index (χ3n) is 4.84. The summed E-state index contributed by atoms with van der Waals surface area (Å²) in [5, 5.41) is 0. The molecule has 1 aromatic heterocycles. The largest absolute Gasteiger partial charge is 0.485 e. The van der Waals surface area contributed by atoms with Crippen molar-refractivity contribution in [2.45, 2.75) is 12.3 Å². The molecule has 0 unspecified atom stereocenters. The third-order valence-corrected chi connectivity index (χ3v) is 4.84. The molecule has 0 bridgehead atoms. The lowest BCUT2D eigenvalue weighted by molar-refractivity contribution is -0.367. The molecule has 1 amide bonds. The number of nitrogens with zero attached hydrogens (tertiary/aromatic N) is 2. The normalized spacial score (nSPS) is 19.5. The van der Waals surface area contributed by atoms with Gasteiger partial charge in [0, 0.05) is 6.07 Å². The first-order valence-corrected chi connectivity index (χ1v) is 8.93. The van der Waals surface area contributed by atoms with Gasteiger partial charge in [-0.2, -0.15) is 13.2 Å². The van der Waals surface area contributed by atoms with Crippen LogP contribution in [0.2, 0.25) is 0 Å². The van der Waals surface area contributed by atoms with Crippen LogP contribution in [0.1, 0.15) is 5.56 Å². The van der Waals surface area contributed by atoms with Crippen molar-refractivity contribution in [3.8, 4) is 11.5 Å². The molecule has 9 heteroatoms. The van der Waals surface area contributed by atoms with E-state index in [2.05, 4.69) is 4.98 Å². The van der Waals surface area contributed by atoms with Gasteiger partial charge in [0.25, 0.3) is 11.7 Å². The Labute approximate surface area is 159 Å². The molecule has 28 heavy (non-hydrogen) atoms. The van der Waals surface area contributed by atoms with Gasteiger partial charge in [-0.05, 0) is 18.2 Å². The number of anilines is 1. The van der Waals surface area contributed by atoms with Crippen molar-refractivity contribution in [3.05, 3.63) is 48.2 Å². The molecule has 0 radical (unpaired) electrons. The van der Waals surface area contributed by atoms with Gasteiger partial charge in [-0.3, -0.25) is 9.69 Å². The molecule has 2 aromatic rings. The van der Waals surface area contributed by atoms with E-state index in [1.54, 1.807) is 17.0 Å². The monoisotopic (exact) mass is 394 g/mol. The summed E-state index contributed by atoms with van der Waals surface area (Å²) >= 11 is 0. The second-order valence-electron chi connectivity index (χ2n) is 6.64. The van der Waals surface area contributed by atoms with Gasteiger partial charge in [-0.25, -0.2) is 4.98 Å². The van der Waals surface area contributed by atoms with Gasteiger partial charge in [-0.1, -0.05) is 12.1 Å². The van der Waals surface area contributed by atoms with E-state index in [9.17, 15) is 18.0 Å². The first kappa shape index (κ1) is 18.4. The minimum atomic E-state index is -4.37. The standard InChI is InChI=1S/C19H18F3N3O3/c20-19(21,22)13-5-6-17(23-11-13)24-7-9-25(10-8-24)18(26)16-12-27-14-3-1-2-4-15(14)28-16/h1-6,11,16H,7-10,12H2/p+1/t16-/m1/s1. The number of carbonyl (C=O) groups excluding carboxylic acids is 1. The zero-order chi connectivity index (χ0) is 19.7. The Morgan fingerprint density at radius 2 is 1.75 bits per heavy atom. The van der Waals surface area contributed by atoms with Gasteiger partial charge in [-0.15, -0.1) is 0 Å². The zero-order valence-electron chi connectivity index (χ0n) is 14.9. The van der Waals surface area contributed by atoms with Crippen molar-refractivity contribution in [2.75, 3.05) is 37.7 Å². The minimum Gasteiger partial charge on any atom is -0.485 e. The lowest BCUT2D eigenvalue weighted by Gasteiger charge is -2.34. The molecule has 2 aliphatic heterocycles. The van der Waals surface area contributed by atoms with Crippen LogP contribution in [-0.4, -0.2) is 49.7 Å². The summed E-state index contributed by atoms with van der Waals surface area (Å²) in [6.45, 7) is 2.09. The Morgan fingerprint density at radius 1 is 1.04 bits per heavy atom. The maximum Gasteiger partial charge on any atom is 0.419 e. The number of hydrogen-bond acceptors (Lipinski definition) is 4. The summed E-state index contributed by atoms with van der Waals surface area (Å²) in [7, 11) is 0. The van der Waals surface area contributed by atoms with Crippen molar-refractivity contribution in [3.63, 3.8) is 0 Å². The lowest BCUT2D eigenvalue weighted by atomic mass is 10.2. The first-order valence-electron chi connectivity index (χ1n) is 8.93. The number of pyridine rings is 1. The molecular formula is C19H19F3N3O3+. The van der Waals surface area contributed by atoms with Gasteiger partial charge < -0.3 is 14.4 Å². The number of H-pyrrole nitrogens is 1. The molecule has 3 heterocycles. The number of aromatic nitrogens is 1. The van der Waals surface area contributed by atoms with Gasteiger partial charge >= 0.3 is 6.18 Å². The highest BCUT2D eigenvalue weighted by Crippen LogP contribution is 2.31. The van der Waals surface area contributed by atoms with Crippen molar-refractivity contribution in [2.24, 2.45) is 0 Å². The number of para-hydroxylation sites is 2. The summed E-state index contributed by atoms with van der Waals surface area (Å²) in [5.41, 5.74) is -0.722. The summed E-state index contributed by atoms with van der Waals surface area (Å²) in [6, 6.07) is 9.65. The number of nitrogens with one attached hydrogen (secondary N) is 1. The first-order chi connectivity index (χ1) is 13.4. The number of amides is 1. The number of aromatic amines is 1. The molecular weight excluding hydrogens is 375 g/mol. The van der Waals surface area contributed by atoms with E-state index in [1.165, 1.54) is 6.07 Å². The van der Waals surface area contributed by atoms with E-state index in [-0.39, 0.29) is 12.5 Å². The number of fused-ring (bicyclic) bond motifs is 1. The Bertz CT molecular complexity index is 849. The fourth-order valence-electron chi connectivity index (χ4n) is 3.30. The zero-order valence-corrected chi connectivity index (χ0v) is 14.9. The van der Waals surface area contributed by atoms with E-state index in [0.717, 1.165) is 12.3 Å². The number of hydrogen-bond donors (Lipinski definition) is 0. The van der Waals surface area contributed by atoms with Crippen molar-refractivity contribution in [1.82, 2.24) is 4.90 Å². The summed E-state index contributed by atoms with van der Waals surface area (Å²) in [6.07, 6.45) is -4.11. The molecule has 1 N–H and O–H groups in total. The minimum absolute atomic E-state index is 0.148. The van der Waals surface area contributed by atoms with Crippen LogP contribution >= 0.6 is 0 Å². The van der Waals surface area contributed by atoms with Crippen LogP contribution < -0.4 is 19.4 Å². The Hall–Kier alpha value is -2.97. The van der Waals surface area contributed by atoms with E-state index < -0.39 is 17.8 Å². The van der Waals surface area contributed by atoms with Crippen LogP contribution in [0.5, 0.6) is 11.5 Å². The number of benzene rings is 1. The van der Waals surface area contributed by atoms with Gasteiger partial charge in [0.1, 0.15) is 25.9 Å². The Balaban J connectivity index is 1.35. The number of carbonyl (C=O) groups is 1. The predicted molar refractivity (Wildman–Crippen MR) is 93.1 cm³/mol. The number of rotatable bonds is 2.